The van der Waals surface area contributed by atoms with Crippen LogP contribution in [0.2, 0.25) is 0 Å². The Balaban J connectivity index is 2.31. The second-order valence-electron chi connectivity index (χ2n) is 5.21. The van der Waals surface area contributed by atoms with Gasteiger partial charge in [-0.2, -0.15) is 0 Å². The first-order chi connectivity index (χ1) is 11.2. The molecule has 0 fully saturated rings. The van der Waals surface area contributed by atoms with Gasteiger partial charge in [-0.1, -0.05) is 28.1 Å². The van der Waals surface area contributed by atoms with Crippen LogP contribution < -0.4 is 9.62 Å². The average molecular weight is 415 g/mol. The number of nitrogens with one attached hydrogen (secondary N) is 1. The quantitative estimate of drug-likeness (QED) is 0.815. The molecule has 0 spiro atoms. The summed E-state index contributed by atoms with van der Waals surface area (Å²) in [6, 6.07) is 11.0. The molecule has 0 radical (unpaired) electrons. The van der Waals surface area contributed by atoms with Gasteiger partial charge in [0.05, 0.1) is 11.9 Å². The Hall–Kier alpha value is -1.93. The number of sulfonamides is 1. The zero-order valence-electron chi connectivity index (χ0n) is 13.0. The number of nitrogens with zero attached hydrogens (tertiary/aromatic N) is 1. The van der Waals surface area contributed by atoms with Crippen LogP contribution in [0.25, 0.3) is 0 Å². The molecular weight excluding hydrogens is 399 g/mol. The summed E-state index contributed by atoms with van der Waals surface area (Å²) in [6.45, 7) is 1.44. The second-order valence-corrected chi connectivity index (χ2v) is 7.99. The molecule has 0 bridgehead atoms. The highest BCUT2D eigenvalue weighted by Crippen LogP contribution is 2.23. The van der Waals surface area contributed by atoms with Gasteiger partial charge in [-0.3, -0.25) is 9.10 Å². The zero-order chi connectivity index (χ0) is 17.9. The molecule has 24 heavy (non-hydrogen) atoms. The van der Waals surface area contributed by atoms with Crippen molar-refractivity contribution in [2.75, 3.05) is 15.9 Å². The molecule has 128 valence electrons. The van der Waals surface area contributed by atoms with E-state index in [2.05, 4.69) is 21.2 Å². The van der Waals surface area contributed by atoms with Gasteiger partial charge in [-0.15, -0.1) is 0 Å². The highest BCUT2D eigenvalue weighted by molar-refractivity contribution is 9.10. The van der Waals surface area contributed by atoms with Crippen LogP contribution >= 0.6 is 15.9 Å². The zero-order valence-corrected chi connectivity index (χ0v) is 15.4. The first kappa shape index (κ1) is 18.4. The van der Waals surface area contributed by atoms with E-state index >= 15 is 0 Å². The van der Waals surface area contributed by atoms with E-state index in [0.29, 0.717) is 5.69 Å². The normalized spacial score (nSPS) is 12.5. The molecular formula is C16H16BrFN2O3S. The molecule has 8 heteroatoms. The van der Waals surface area contributed by atoms with Crippen LogP contribution in [0.15, 0.2) is 53.0 Å². The Morgan fingerprint density at radius 1 is 1.21 bits per heavy atom. The van der Waals surface area contributed by atoms with Crippen LogP contribution in [0.5, 0.6) is 0 Å². The van der Waals surface area contributed by atoms with Crippen molar-refractivity contribution < 1.29 is 17.6 Å². The van der Waals surface area contributed by atoms with Crippen molar-refractivity contribution >= 4 is 43.2 Å². The fourth-order valence-corrected chi connectivity index (χ4v) is 3.80. The predicted molar refractivity (Wildman–Crippen MR) is 96.0 cm³/mol. The molecule has 1 unspecified atom stereocenters. The molecule has 0 heterocycles. The molecule has 1 atom stereocenters. The van der Waals surface area contributed by atoms with Gasteiger partial charge in [0.25, 0.3) is 0 Å². The van der Waals surface area contributed by atoms with Gasteiger partial charge in [-0.25, -0.2) is 12.8 Å². The van der Waals surface area contributed by atoms with E-state index < -0.39 is 27.8 Å². The van der Waals surface area contributed by atoms with Crippen molar-refractivity contribution in [3.63, 3.8) is 0 Å². The van der Waals surface area contributed by atoms with E-state index in [1.54, 1.807) is 24.3 Å². The molecule has 2 rings (SSSR count). The number of carbonyl (C=O) groups excluding carboxylic acids is 1. The molecule has 0 aromatic heterocycles. The van der Waals surface area contributed by atoms with E-state index in [9.17, 15) is 17.6 Å². The summed E-state index contributed by atoms with van der Waals surface area (Å²) < 4.78 is 39.3. The van der Waals surface area contributed by atoms with Gasteiger partial charge in [0.15, 0.2) is 0 Å². The van der Waals surface area contributed by atoms with Crippen LogP contribution in [0, 0.1) is 5.82 Å². The molecule has 0 aliphatic heterocycles. The minimum Gasteiger partial charge on any atom is -0.324 e. The molecule has 0 saturated carbocycles. The number of benzene rings is 2. The first-order valence-electron chi connectivity index (χ1n) is 7.00. The van der Waals surface area contributed by atoms with Crippen molar-refractivity contribution in [2.24, 2.45) is 0 Å². The summed E-state index contributed by atoms with van der Waals surface area (Å²) in [5.74, 6) is -1.11. The van der Waals surface area contributed by atoms with Gasteiger partial charge in [-0.05, 0) is 43.3 Å². The minimum absolute atomic E-state index is 0.0920. The third-order valence-corrected chi connectivity index (χ3v) is 4.98. The number of rotatable bonds is 5. The van der Waals surface area contributed by atoms with Crippen molar-refractivity contribution in [1.82, 2.24) is 0 Å². The molecule has 0 aliphatic rings. The van der Waals surface area contributed by atoms with Crippen molar-refractivity contribution in [1.29, 1.82) is 0 Å². The third kappa shape index (κ3) is 4.55. The lowest BCUT2D eigenvalue weighted by Gasteiger charge is -2.28. The fourth-order valence-electron chi connectivity index (χ4n) is 2.23. The van der Waals surface area contributed by atoms with Gasteiger partial charge in [0.1, 0.15) is 11.9 Å². The summed E-state index contributed by atoms with van der Waals surface area (Å²) in [5.41, 5.74) is 0.614. The SMILES string of the molecule is CC(C(=O)Nc1cccc(Br)c1)N(c1cccc(F)c1)S(C)(=O)=O. The summed E-state index contributed by atoms with van der Waals surface area (Å²) in [7, 11) is -3.78. The van der Waals surface area contributed by atoms with Gasteiger partial charge in [0, 0.05) is 10.2 Å². The fraction of sp³-hybridized carbons (Fsp3) is 0.188. The Labute approximate surface area is 148 Å². The monoisotopic (exact) mass is 414 g/mol. The Kier molecular flexibility index (Phi) is 5.61. The largest absolute Gasteiger partial charge is 0.324 e. The molecule has 2 aromatic carbocycles. The molecule has 1 amide bonds. The molecule has 0 saturated heterocycles. The summed E-state index contributed by atoms with van der Waals surface area (Å²) in [6.07, 6.45) is 0.973. The average Bonchev–Trinajstić information content (AvgIpc) is 2.46. The minimum atomic E-state index is -3.78. The summed E-state index contributed by atoms with van der Waals surface area (Å²) in [4.78, 5) is 12.4. The number of hydrogen-bond donors (Lipinski definition) is 1. The van der Waals surface area contributed by atoms with E-state index in [-0.39, 0.29) is 5.69 Å². The highest BCUT2D eigenvalue weighted by atomic mass is 79.9. The van der Waals surface area contributed by atoms with Gasteiger partial charge >= 0.3 is 0 Å². The number of halogens is 2. The third-order valence-electron chi connectivity index (χ3n) is 3.24. The molecule has 0 aliphatic carbocycles. The maximum Gasteiger partial charge on any atom is 0.247 e. The van der Waals surface area contributed by atoms with Crippen LogP contribution in [0.1, 0.15) is 6.92 Å². The first-order valence-corrected chi connectivity index (χ1v) is 9.64. The van der Waals surface area contributed by atoms with E-state index in [1.807, 2.05) is 0 Å². The standard InChI is InChI=1S/C16H16BrFN2O3S/c1-11(16(21)19-14-7-3-5-12(17)9-14)20(24(2,22)23)15-8-4-6-13(18)10-15/h3-11H,1-2H3,(H,19,21). The summed E-state index contributed by atoms with van der Waals surface area (Å²) in [5, 5.41) is 2.65. The van der Waals surface area contributed by atoms with Crippen molar-refractivity contribution in [3.8, 4) is 0 Å². The molecule has 5 nitrogen and oxygen atoms in total. The topological polar surface area (TPSA) is 66.5 Å². The maximum atomic E-state index is 13.4. The maximum absolute atomic E-state index is 13.4. The smallest absolute Gasteiger partial charge is 0.247 e. The molecule has 2 aromatic rings. The second kappa shape index (κ2) is 7.31. The van der Waals surface area contributed by atoms with Gasteiger partial charge < -0.3 is 5.32 Å². The van der Waals surface area contributed by atoms with Crippen LogP contribution in [-0.4, -0.2) is 26.6 Å². The van der Waals surface area contributed by atoms with E-state index in [4.69, 9.17) is 0 Å². The Bertz CT molecular complexity index is 858. The van der Waals surface area contributed by atoms with Crippen LogP contribution in [0.3, 0.4) is 0 Å². The van der Waals surface area contributed by atoms with Crippen molar-refractivity contribution in [2.45, 2.75) is 13.0 Å². The predicted octanol–water partition coefficient (Wildman–Crippen LogP) is 3.38. The number of carbonyl (C=O) groups is 1. The lowest BCUT2D eigenvalue weighted by Crippen LogP contribution is -2.45. The highest BCUT2D eigenvalue weighted by Gasteiger charge is 2.29. The Morgan fingerprint density at radius 3 is 2.46 bits per heavy atom. The number of amides is 1. The number of anilines is 2. The van der Waals surface area contributed by atoms with Crippen molar-refractivity contribution in [3.05, 3.63) is 58.8 Å². The Morgan fingerprint density at radius 2 is 1.88 bits per heavy atom. The summed E-state index contributed by atoms with van der Waals surface area (Å²) >= 11 is 3.30. The van der Waals surface area contributed by atoms with Gasteiger partial charge in [0.2, 0.25) is 15.9 Å². The lowest BCUT2D eigenvalue weighted by molar-refractivity contribution is -0.116. The number of hydrogen-bond acceptors (Lipinski definition) is 3. The molecule has 1 N–H and O–H groups in total. The van der Waals surface area contributed by atoms with E-state index in [0.717, 1.165) is 21.1 Å². The van der Waals surface area contributed by atoms with E-state index in [1.165, 1.54) is 25.1 Å². The lowest BCUT2D eigenvalue weighted by atomic mass is 10.2. The van der Waals surface area contributed by atoms with Crippen LogP contribution in [0.4, 0.5) is 15.8 Å². The van der Waals surface area contributed by atoms with Crippen LogP contribution in [-0.2, 0) is 14.8 Å².